The third kappa shape index (κ3) is 3.36. The van der Waals surface area contributed by atoms with E-state index in [1.165, 1.54) is 4.68 Å². The van der Waals surface area contributed by atoms with Crippen LogP contribution in [0.2, 0.25) is 5.15 Å². The first kappa shape index (κ1) is 14.8. The summed E-state index contributed by atoms with van der Waals surface area (Å²) in [6.07, 6.45) is 1.87. The Morgan fingerprint density at radius 3 is 2.35 bits per heavy atom. The maximum atomic E-state index is 11.5. The number of rotatable bonds is 5. The molecule has 0 radical (unpaired) electrons. The van der Waals surface area contributed by atoms with Crippen LogP contribution in [0, 0.1) is 0 Å². The minimum atomic E-state index is -3.86. The van der Waals surface area contributed by atoms with Crippen LogP contribution in [0.15, 0.2) is 4.90 Å². The van der Waals surface area contributed by atoms with Crippen LogP contribution in [0.5, 0.6) is 0 Å². The van der Waals surface area contributed by atoms with Gasteiger partial charge in [-0.1, -0.05) is 38.8 Å². The molecule has 1 rings (SSSR count). The van der Waals surface area contributed by atoms with Crippen molar-refractivity contribution in [3.05, 3.63) is 10.8 Å². The molecule has 7 heteroatoms. The smallest absolute Gasteiger partial charge is 0.252 e. The molecule has 98 valence electrons. The Balaban J connectivity index is 3.31. The van der Waals surface area contributed by atoms with Gasteiger partial charge >= 0.3 is 0 Å². The molecule has 0 aromatic carbocycles. The first-order valence-electron chi connectivity index (χ1n) is 5.49. The first-order valence-corrected chi connectivity index (χ1v) is 8.18. The molecule has 0 atom stereocenters. The summed E-state index contributed by atoms with van der Waals surface area (Å²) < 4.78 is 24.5. The van der Waals surface area contributed by atoms with E-state index in [-0.39, 0.29) is 16.0 Å². The van der Waals surface area contributed by atoms with Crippen LogP contribution in [0.3, 0.4) is 0 Å². The third-order valence-electron chi connectivity index (χ3n) is 2.39. The highest BCUT2D eigenvalue weighted by atomic mass is 35.7. The zero-order valence-electron chi connectivity index (χ0n) is 10.1. The second-order valence-corrected chi connectivity index (χ2v) is 7.04. The van der Waals surface area contributed by atoms with Gasteiger partial charge in [0.1, 0.15) is 10.0 Å². The van der Waals surface area contributed by atoms with Gasteiger partial charge in [0.25, 0.3) is 9.05 Å². The summed E-state index contributed by atoms with van der Waals surface area (Å²) in [4.78, 5) is -0.0491. The summed E-state index contributed by atoms with van der Waals surface area (Å²) >= 11 is 6.03. The maximum Gasteiger partial charge on any atom is 0.266 e. The summed E-state index contributed by atoms with van der Waals surface area (Å²) in [5.41, 5.74) is 0.432. The van der Waals surface area contributed by atoms with Crippen molar-refractivity contribution in [3.8, 4) is 0 Å². The highest BCUT2D eigenvalue weighted by Gasteiger charge is 2.27. The summed E-state index contributed by atoms with van der Waals surface area (Å²) in [5.74, 6) is -0.0427. The van der Waals surface area contributed by atoms with Gasteiger partial charge < -0.3 is 0 Å². The molecule has 0 aliphatic rings. The average Bonchev–Trinajstić information content (AvgIpc) is 2.52. The lowest BCUT2D eigenvalue weighted by molar-refractivity contribution is 0.561. The summed E-state index contributed by atoms with van der Waals surface area (Å²) in [6.45, 7) is 6.35. The van der Waals surface area contributed by atoms with Crippen LogP contribution in [0.25, 0.3) is 0 Å². The van der Waals surface area contributed by atoms with E-state index < -0.39 is 9.05 Å². The number of halogens is 2. The van der Waals surface area contributed by atoms with Gasteiger partial charge in [0.05, 0.1) is 5.69 Å². The first-order chi connectivity index (χ1) is 7.79. The molecule has 1 aromatic rings. The largest absolute Gasteiger partial charge is 0.266 e. The fourth-order valence-electron chi connectivity index (χ4n) is 1.50. The average molecular weight is 299 g/mol. The van der Waals surface area contributed by atoms with E-state index in [2.05, 4.69) is 5.10 Å². The van der Waals surface area contributed by atoms with E-state index in [1.54, 1.807) is 0 Å². The molecule has 0 spiro atoms. The lowest BCUT2D eigenvalue weighted by atomic mass is 10.1. The van der Waals surface area contributed by atoms with Crippen molar-refractivity contribution < 1.29 is 8.42 Å². The van der Waals surface area contributed by atoms with E-state index >= 15 is 0 Å². The van der Waals surface area contributed by atoms with Crippen molar-refractivity contribution in [3.63, 3.8) is 0 Å². The standard InChI is InChI=1S/C10H16Cl2N2O2S/c1-4-5-6-14-10(11)9(17(12,15)16)8(13-14)7(2)3/h7H,4-6H2,1-3H3. The highest BCUT2D eigenvalue weighted by molar-refractivity contribution is 8.13. The van der Waals surface area contributed by atoms with Crippen LogP contribution in [0.4, 0.5) is 0 Å². The monoisotopic (exact) mass is 298 g/mol. The predicted octanol–water partition coefficient (Wildman–Crippen LogP) is 3.39. The van der Waals surface area contributed by atoms with Gasteiger partial charge in [0.15, 0.2) is 0 Å². The van der Waals surface area contributed by atoms with Crippen LogP contribution < -0.4 is 0 Å². The van der Waals surface area contributed by atoms with Crippen molar-refractivity contribution in [1.29, 1.82) is 0 Å². The van der Waals surface area contributed by atoms with Gasteiger partial charge in [-0.05, 0) is 12.3 Å². The Morgan fingerprint density at radius 1 is 1.41 bits per heavy atom. The fraction of sp³-hybridized carbons (Fsp3) is 0.700. The van der Waals surface area contributed by atoms with E-state index in [4.69, 9.17) is 22.3 Å². The van der Waals surface area contributed by atoms with Crippen LogP contribution in [-0.2, 0) is 15.6 Å². The minimum Gasteiger partial charge on any atom is -0.252 e. The number of aromatic nitrogens is 2. The number of aryl methyl sites for hydroxylation is 1. The Hall–Kier alpha value is -0.260. The molecule has 0 saturated carbocycles. The molecular weight excluding hydrogens is 283 g/mol. The fourth-order valence-corrected chi connectivity index (χ4v) is 3.43. The molecule has 1 aromatic heterocycles. The van der Waals surface area contributed by atoms with E-state index in [0.29, 0.717) is 12.2 Å². The molecule has 17 heavy (non-hydrogen) atoms. The Kier molecular flexibility index (Phi) is 4.86. The molecule has 0 bridgehead atoms. The SMILES string of the molecule is CCCCn1nc(C(C)C)c(S(=O)(=O)Cl)c1Cl. The minimum absolute atomic E-state index is 0.0427. The quantitative estimate of drug-likeness (QED) is 0.783. The van der Waals surface area contributed by atoms with Crippen molar-refractivity contribution in [2.45, 2.75) is 51.0 Å². The van der Waals surface area contributed by atoms with Gasteiger partial charge in [-0.2, -0.15) is 5.10 Å². The number of unbranched alkanes of at least 4 members (excludes halogenated alkanes) is 1. The molecule has 0 amide bonds. The molecule has 0 unspecified atom stereocenters. The second-order valence-electron chi connectivity index (χ2n) is 4.17. The summed E-state index contributed by atoms with van der Waals surface area (Å²) in [6, 6.07) is 0. The lowest BCUT2D eigenvalue weighted by Crippen LogP contribution is -2.01. The zero-order valence-corrected chi connectivity index (χ0v) is 12.4. The Bertz CT molecular complexity index is 495. The molecule has 0 saturated heterocycles. The Morgan fingerprint density at radius 2 is 2.00 bits per heavy atom. The molecule has 0 aliphatic heterocycles. The van der Waals surface area contributed by atoms with Gasteiger partial charge in [0, 0.05) is 17.2 Å². The summed E-state index contributed by atoms with van der Waals surface area (Å²) in [7, 11) is 1.54. The van der Waals surface area contributed by atoms with E-state index in [1.807, 2.05) is 20.8 Å². The molecule has 0 fully saturated rings. The van der Waals surface area contributed by atoms with Gasteiger partial charge in [-0.15, -0.1) is 0 Å². The lowest BCUT2D eigenvalue weighted by Gasteiger charge is -2.01. The number of hydrogen-bond donors (Lipinski definition) is 0. The molecule has 0 aliphatic carbocycles. The van der Waals surface area contributed by atoms with Crippen molar-refractivity contribution in [2.75, 3.05) is 0 Å². The van der Waals surface area contributed by atoms with E-state index in [9.17, 15) is 8.42 Å². The topological polar surface area (TPSA) is 52.0 Å². The Labute approximate surface area is 111 Å². The van der Waals surface area contributed by atoms with Crippen molar-refractivity contribution in [1.82, 2.24) is 9.78 Å². The third-order valence-corrected chi connectivity index (χ3v) is 4.24. The highest BCUT2D eigenvalue weighted by Crippen LogP contribution is 2.32. The number of hydrogen-bond acceptors (Lipinski definition) is 3. The van der Waals surface area contributed by atoms with Crippen LogP contribution in [0.1, 0.15) is 45.2 Å². The van der Waals surface area contributed by atoms with Gasteiger partial charge in [-0.25, -0.2) is 8.42 Å². The van der Waals surface area contributed by atoms with Gasteiger partial charge in [0.2, 0.25) is 0 Å². The summed E-state index contributed by atoms with van der Waals surface area (Å²) in [5, 5.41) is 4.34. The normalized spacial score (nSPS) is 12.4. The van der Waals surface area contributed by atoms with E-state index in [0.717, 1.165) is 12.8 Å². The molecule has 4 nitrogen and oxygen atoms in total. The van der Waals surface area contributed by atoms with Crippen molar-refractivity contribution in [2.24, 2.45) is 0 Å². The zero-order chi connectivity index (χ0) is 13.2. The molecule has 1 heterocycles. The van der Waals surface area contributed by atoms with Crippen LogP contribution in [-0.4, -0.2) is 18.2 Å². The molecule has 0 N–H and O–H groups in total. The van der Waals surface area contributed by atoms with Crippen molar-refractivity contribution >= 4 is 31.3 Å². The second kappa shape index (κ2) is 5.59. The maximum absolute atomic E-state index is 11.5. The van der Waals surface area contributed by atoms with Gasteiger partial charge in [-0.3, -0.25) is 4.68 Å². The number of nitrogens with zero attached hydrogens (tertiary/aromatic N) is 2. The van der Waals surface area contributed by atoms with Crippen LogP contribution >= 0.6 is 22.3 Å². The molecular formula is C10H16Cl2N2O2S. The predicted molar refractivity (Wildman–Crippen MR) is 69.3 cm³/mol.